The van der Waals surface area contributed by atoms with Crippen molar-refractivity contribution in [2.24, 2.45) is 10.8 Å². The Morgan fingerprint density at radius 3 is 1.31 bits per heavy atom. The van der Waals surface area contributed by atoms with Gasteiger partial charge in [0, 0.05) is 59.2 Å². The van der Waals surface area contributed by atoms with E-state index < -0.39 is 10.8 Å². The van der Waals surface area contributed by atoms with Gasteiger partial charge in [-0.15, -0.1) is 24.8 Å². The lowest BCUT2D eigenvalue weighted by Crippen LogP contribution is -2.47. The largest absolute Gasteiger partial charge is 0.313 e. The molecule has 0 fully saturated rings. The number of amides is 4. The highest BCUT2D eigenvalue weighted by Crippen LogP contribution is 2.40. The van der Waals surface area contributed by atoms with Crippen LogP contribution in [0.2, 0.25) is 0 Å². The Balaban J connectivity index is 0.00000312. The van der Waals surface area contributed by atoms with Gasteiger partial charge < -0.3 is 19.6 Å². The molecule has 2 aliphatic heterocycles. The number of anilines is 4. The molecular weight excluding hydrogens is 651 g/mol. The fraction of sp³-hybridized carbons (Fsp3) is 0.417. The number of benzene rings is 2. The van der Waals surface area contributed by atoms with Gasteiger partial charge in [0.25, 0.3) is 0 Å². The molecule has 3 heterocycles. The first-order valence-corrected chi connectivity index (χ1v) is 15.8. The lowest BCUT2D eigenvalue weighted by atomic mass is 9.90. The van der Waals surface area contributed by atoms with Crippen molar-refractivity contribution >= 4 is 71.2 Å². The van der Waals surface area contributed by atoms with E-state index in [-0.39, 0.29) is 48.4 Å². The number of aromatic nitrogens is 1. The van der Waals surface area contributed by atoms with E-state index in [2.05, 4.69) is 9.88 Å². The number of hydrogen-bond acceptors (Lipinski definition) is 6. The van der Waals surface area contributed by atoms with Crippen molar-refractivity contribution in [1.29, 1.82) is 0 Å². The quantitative estimate of drug-likeness (QED) is 0.275. The molecule has 0 aliphatic carbocycles. The zero-order valence-corrected chi connectivity index (χ0v) is 30.6. The van der Waals surface area contributed by atoms with Gasteiger partial charge in [0.2, 0.25) is 23.6 Å². The standard InChI is InChI=1S/C36H44N6O4.2ClH/c1-9-41-27-13-11-25(19-29(27)38(7)31(43)35(3,4)33(41)45)22-40(21-24-15-17-37-18-16-24)23-26-12-14-28-30(20-26)39(8)32(44)36(5,6)34(46)42(28)10-2;;/h11-20H,9-10,21-23H2,1-8H3;2*1H. The maximum absolute atomic E-state index is 13.4. The van der Waals surface area contributed by atoms with Crippen molar-refractivity contribution in [2.45, 2.75) is 61.2 Å². The summed E-state index contributed by atoms with van der Waals surface area (Å²) in [7, 11) is 3.46. The van der Waals surface area contributed by atoms with E-state index >= 15 is 0 Å². The second kappa shape index (κ2) is 14.6. The van der Waals surface area contributed by atoms with Gasteiger partial charge in [-0.05, 0) is 94.6 Å². The Hall–Kier alpha value is -3.99. The van der Waals surface area contributed by atoms with Gasteiger partial charge in [0.1, 0.15) is 10.8 Å². The number of fused-ring (bicyclic) bond motifs is 2. The molecule has 5 rings (SSSR count). The first-order valence-electron chi connectivity index (χ1n) is 15.8. The fourth-order valence-electron chi connectivity index (χ4n) is 6.52. The molecule has 2 aromatic carbocycles. The van der Waals surface area contributed by atoms with Gasteiger partial charge in [0.05, 0.1) is 22.7 Å². The first kappa shape index (κ1) is 38.5. The third-order valence-corrected chi connectivity index (χ3v) is 9.22. The van der Waals surface area contributed by atoms with Crippen LogP contribution >= 0.6 is 24.8 Å². The lowest BCUT2D eigenvalue weighted by Gasteiger charge is -2.27. The van der Waals surface area contributed by atoms with Gasteiger partial charge in [-0.1, -0.05) is 12.1 Å². The molecule has 12 heteroatoms. The van der Waals surface area contributed by atoms with E-state index in [9.17, 15) is 19.2 Å². The minimum atomic E-state index is -1.18. The normalized spacial score (nSPS) is 16.9. The number of nitrogens with zero attached hydrogens (tertiary/aromatic N) is 6. The summed E-state index contributed by atoms with van der Waals surface area (Å²) in [5.74, 6) is -0.911. The number of rotatable bonds is 8. The maximum Gasteiger partial charge on any atom is 0.242 e. The highest BCUT2D eigenvalue weighted by Gasteiger charge is 2.46. The van der Waals surface area contributed by atoms with Crippen molar-refractivity contribution in [3.05, 3.63) is 77.6 Å². The minimum absolute atomic E-state index is 0. The van der Waals surface area contributed by atoms with Crippen molar-refractivity contribution in [3.63, 3.8) is 0 Å². The molecule has 48 heavy (non-hydrogen) atoms. The third-order valence-electron chi connectivity index (χ3n) is 9.22. The summed E-state index contributed by atoms with van der Waals surface area (Å²) in [6, 6.07) is 15.9. The van der Waals surface area contributed by atoms with Crippen LogP contribution in [0.3, 0.4) is 0 Å². The Labute approximate surface area is 295 Å². The van der Waals surface area contributed by atoms with Crippen LogP contribution in [0, 0.1) is 10.8 Å². The number of carbonyl (C=O) groups excluding carboxylic acids is 4. The molecule has 0 radical (unpaired) electrons. The van der Waals surface area contributed by atoms with E-state index in [1.807, 2.05) is 62.4 Å². The zero-order valence-electron chi connectivity index (χ0n) is 28.9. The number of hydrogen-bond donors (Lipinski definition) is 0. The van der Waals surface area contributed by atoms with Crippen molar-refractivity contribution in [2.75, 3.05) is 46.8 Å². The first-order chi connectivity index (χ1) is 21.7. The van der Waals surface area contributed by atoms with Crippen LogP contribution in [0.15, 0.2) is 60.9 Å². The Bertz CT molecular complexity index is 1590. The Morgan fingerprint density at radius 2 is 0.938 bits per heavy atom. The molecule has 0 saturated carbocycles. The van der Waals surface area contributed by atoms with Gasteiger partial charge in [-0.25, -0.2) is 0 Å². The average molecular weight is 698 g/mol. The lowest BCUT2D eigenvalue weighted by molar-refractivity contribution is -0.139. The number of halogens is 2. The summed E-state index contributed by atoms with van der Waals surface area (Å²) in [5.41, 5.74) is 3.55. The summed E-state index contributed by atoms with van der Waals surface area (Å²) in [6.07, 6.45) is 3.55. The van der Waals surface area contributed by atoms with Crippen LogP contribution in [-0.2, 0) is 38.8 Å². The molecule has 2 aliphatic rings. The predicted octanol–water partition coefficient (Wildman–Crippen LogP) is 5.84. The second-order valence-electron chi connectivity index (χ2n) is 13.2. The van der Waals surface area contributed by atoms with E-state index in [1.54, 1.807) is 73.8 Å². The topological polar surface area (TPSA) is 97.4 Å². The summed E-state index contributed by atoms with van der Waals surface area (Å²) >= 11 is 0. The minimum Gasteiger partial charge on any atom is -0.313 e. The predicted molar refractivity (Wildman–Crippen MR) is 195 cm³/mol. The number of pyridine rings is 1. The molecule has 0 bridgehead atoms. The average Bonchev–Trinajstić information content (AvgIpc) is 3.12. The summed E-state index contributed by atoms with van der Waals surface area (Å²) in [4.78, 5) is 66.6. The van der Waals surface area contributed by atoms with E-state index in [0.717, 1.165) is 28.1 Å². The molecule has 4 amide bonds. The van der Waals surface area contributed by atoms with Crippen LogP contribution in [0.5, 0.6) is 0 Å². The molecule has 10 nitrogen and oxygen atoms in total. The van der Waals surface area contributed by atoms with Gasteiger partial charge >= 0.3 is 0 Å². The van der Waals surface area contributed by atoms with E-state index in [4.69, 9.17) is 0 Å². The summed E-state index contributed by atoms with van der Waals surface area (Å²) in [5, 5.41) is 0. The van der Waals surface area contributed by atoms with Crippen LogP contribution < -0.4 is 19.6 Å². The molecule has 0 spiro atoms. The molecule has 258 valence electrons. The zero-order chi connectivity index (χ0) is 33.6. The van der Waals surface area contributed by atoms with Crippen molar-refractivity contribution in [3.8, 4) is 0 Å². The van der Waals surface area contributed by atoms with Crippen LogP contribution in [0.4, 0.5) is 22.7 Å². The summed E-state index contributed by atoms with van der Waals surface area (Å²) < 4.78 is 0. The molecule has 0 N–H and O–H groups in total. The van der Waals surface area contributed by atoms with Crippen LogP contribution in [-0.4, -0.2) is 60.7 Å². The molecule has 1 aromatic heterocycles. The molecule has 0 atom stereocenters. The van der Waals surface area contributed by atoms with E-state index in [0.29, 0.717) is 44.1 Å². The molecule has 0 unspecified atom stereocenters. The van der Waals surface area contributed by atoms with E-state index in [1.165, 1.54) is 0 Å². The monoisotopic (exact) mass is 696 g/mol. The molecule has 0 saturated heterocycles. The van der Waals surface area contributed by atoms with Gasteiger partial charge in [-0.3, -0.25) is 29.1 Å². The highest BCUT2D eigenvalue weighted by molar-refractivity contribution is 6.20. The SMILES string of the molecule is CCN1C(=O)C(C)(C)C(=O)N(C)c2cc(CN(Cc3ccncc3)Cc3ccc4c(c3)N(C)C(=O)C(C)(C)C(=O)N4CC)ccc21.Cl.Cl. The highest BCUT2D eigenvalue weighted by atomic mass is 35.5. The maximum atomic E-state index is 13.4. The van der Waals surface area contributed by atoms with Crippen molar-refractivity contribution < 1.29 is 19.2 Å². The summed E-state index contributed by atoms with van der Waals surface area (Å²) in [6.45, 7) is 13.2. The van der Waals surface area contributed by atoms with Gasteiger partial charge in [0.15, 0.2) is 0 Å². The van der Waals surface area contributed by atoms with Crippen molar-refractivity contribution in [1.82, 2.24) is 9.88 Å². The van der Waals surface area contributed by atoms with Crippen LogP contribution in [0.25, 0.3) is 0 Å². The van der Waals surface area contributed by atoms with Gasteiger partial charge in [-0.2, -0.15) is 0 Å². The molecular formula is C36H46Cl2N6O4. The number of carbonyl (C=O) groups is 4. The fourth-order valence-corrected chi connectivity index (χ4v) is 6.52. The van der Waals surface area contributed by atoms with Crippen LogP contribution in [0.1, 0.15) is 58.2 Å². The molecule has 3 aromatic rings. The Morgan fingerprint density at radius 1 is 0.562 bits per heavy atom. The Kier molecular flexibility index (Phi) is 11.7. The smallest absolute Gasteiger partial charge is 0.242 e. The third kappa shape index (κ3) is 6.79. The second-order valence-corrected chi connectivity index (χ2v) is 13.2.